The van der Waals surface area contributed by atoms with Crippen molar-refractivity contribution in [3.8, 4) is 0 Å². The molecule has 0 radical (unpaired) electrons. The number of hydrogen-bond acceptors (Lipinski definition) is 2. The third-order valence-electron chi connectivity index (χ3n) is 3.87. The van der Waals surface area contributed by atoms with E-state index in [2.05, 4.69) is 26.1 Å². The van der Waals surface area contributed by atoms with Gasteiger partial charge in [-0.25, -0.2) is 4.39 Å². The Bertz CT molecular complexity index is 417. The Morgan fingerprint density at radius 1 is 1.28 bits per heavy atom. The third kappa shape index (κ3) is 2.87. The van der Waals surface area contributed by atoms with Gasteiger partial charge in [-0.1, -0.05) is 15.9 Å². The maximum absolute atomic E-state index is 13.2. The molecule has 1 aromatic carbocycles. The van der Waals surface area contributed by atoms with Gasteiger partial charge >= 0.3 is 0 Å². The minimum absolute atomic E-state index is 0. The molecule has 1 aromatic rings. The van der Waals surface area contributed by atoms with Crippen molar-refractivity contribution in [1.82, 2.24) is 10.2 Å². The molecule has 2 aliphatic rings. The van der Waals surface area contributed by atoms with Crippen LogP contribution in [0.1, 0.15) is 5.56 Å². The standard InChI is InChI=1S/C13H16BrFN2.ClH/c14-13-2-1-12(15)3-9(13)6-17-7-10-4-16-5-11(10)8-17;/h1-3,10-11,16H,4-8H2;1H/t10-,11+;. The minimum Gasteiger partial charge on any atom is -0.316 e. The molecule has 2 nitrogen and oxygen atoms in total. The third-order valence-corrected chi connectivity index (χ3v) is 4.64. The van der Waals surface area contributed by atoms with Crippen molar-refractivity contribution in [3.05, 3.63) is 34.1 Å². The van der Waals surface area contributed by atoms with Gasteiger partial charge in [0.2, 0.25) is 0 Å². The van der Waals surface area contributed by atoms with Gasteiger partial charge in [-0.3, -0.25) is 4.90 Å². The number of nitrogens with zero attached hydrogens (tertiary/aromatic N) is 1. The number of likely N-dealkylation sites (tertiary alicyclic amines) is 1. The van der Waals surface area contributed by atoms with E-state index < -0.39 is 0 Å². The monoisotopic (exact) mass is 334 g/mol. The van der Waals surface area contributed by atoms with Crippen LogP contribution in [0.3, 0.4) is 0 Å². The smallest absolute Gasteiger partial charge is 0.123 e. The summed E-state index contributed by atoms with van der Waals surface area (Å²) in [4.78, 5) is 2.44. The maximum Gasteiger partial charge on any atom is 0.123 e. The molecule has 0 spiro atoms. The van der Waals surface area contributed by atoms with Crippen molar-refractivity contribution in [2.45, 2.75) is 6.54 Å². The van der Waals surface area contributed by atoms with Crippen molar-refractivity contribution in [1.29, 1.82) is 0 Å². The van der Waals surface area contributed by atoms with Gasteiger partial charge in [0.1, 0.15) is 5.82 Å². The predicted molar refractivity (Wildman–Crippen MR) is 76.5 cm³/mol. The highest BCUT2D eigenvalue weighted by Gasteiger charge is 2.35. The summed E-state index contributed by atoms with van der Waals surface area (Å²) in [6.07, 6.45) is 0. The van der Waals surface area contributed by atoms with Gasteiger partial charge in [0.15, 0.2) is 0 Å². The number of rotatable bonds is 2. The molecule has 3 rings (SSSR count). The SMILES string of the molecule is Cl.Fc1ccc(Br)c(CN2C[C@H]3CNC[C@H]3C2)c1. The highest BCUT2D eigenvalue weighted by atomic mass is 79.9. The summed E-state index contributed by atoms with van der Waals surface area (Å²) in [5.41, 5.74) is 1.05. The Morgan fingerprint density at radius 2 is 1.94 bits per heavy atom. The van der Waals surface area contributed by atoms with Crippen LogP contribution >= 0.6 is 28.3 Å². The quantitative estimate of drug-likeness (QED) is 0.894. The van der Waals surface area contributed by atoms with E-state index in [9.17, 15) is 4.39 Å². The van der Waals surface area contributed by atoms with Crippen LogP contribution in [-0.2, 0) is 6.54 Å². The number of halogens is 3. The van der Waals surface area contributed by atoms with E-state index in [1.807, 2.05) is 0 Å². The van der Waals surface area contributed by atoms with Crippen LogP contribution in [0, 0.1) is 17.7 Å². The first-order chi connectivity index (χ1) is 8.22. The van der Waals surface area contributed by atoms with Crippen molar-refractivity contribution < 1.29 is 4.39 Å². The Labute approximate surface area is 121 Å². The Balaban J connectivity index is 0.00000120. The fraction of sp³-hybridized carbons (Fsp3) is 0.538. The Kier molecular flexibility index (Phi) is 4.64. The average molecular weight is 336 g/mol. The molecule has 0 unspecified atom stereocenters. The summed E-state index contributed by atoms with van der Waals surface area (Å²) in [6.45, 7) is 5.42. The largest absolute Gasteiger partial charge is 0.316 e. The van der Waals surface area contributed by atoms with Gasteiger partial charge in [-0.2, -0.15) is 0 Å². The van der Waals surface area contributed by atoms with Crippen LogP contribution < -0.4 is 5.32 Å². The molecule has 18 heavy (non-hydrogen) atoms. The molecule has 2 heterocycles. The summed E-state index contributed by atoms with van der Waals surface area (Å²) in [5, 5.41) is 3.43. The van der Waals surface area contributed by atoms with E-state index in [-0.39, 0.29) is 18.2 Å². The molecular weight excluding hydrogens is 319 g/mol. The molecule has 1 N–H and O–H groups in total. The molecule has 100 valence electrons. The van der Waals surface area contributed by atoms with Crippen LogP contribution in [0.4, 0.5) is 4.39 Å². The van der Waals surface area contributed by atoms with Gasteiger partial charge in [0.05, 0.1) is 0 Å². The van der Waals surface area contributed by atoms with E-state index in [0.29, 0.717) is 0 Å². The number of benzene rings is 1. The first kappa shape index (κ1) is 14.3. The van der Waals surface area contributed by atoms with Crippen LogP contribution in [0.2, 0.25) is 0 Å². The van der Waals surface area contributed by atoms with Crippen LogP contribution in [0.25, 0.3) is 0 Å². The lowest BCUT2D eigenvalue weighted by Gasteiger charge is -2.17. The second kappa shape index (κ2) is 5.87. The van der Waals surface area contributed by atoms with Gasteiger partial charge in [0, 0.05) is 24.1 Å². The van der Waals surface area contributed by atoms with Crippen molar-refractivity contribution in [3.63, 3.8) is 0 Å². The zero-order valence-corrected chi connectivity index (χ0v) is 12.4. The molecule has 0 bridgehead atoms. The summed E-state index contributed by atoms with van der Waals surface area (Å²) >= 11 is 3.49. The molecule has 2 saturated heterocycles. The molecular formula is C13H17BrClFN2. The first-order valence-electron chi connectivity index (χ1n) is 6.09. The van der Waals surface area contributed by atoms with Crippen LogP contribution in [0.5, 0.6) is 0 Å². The van der Waals surface area contributed by atoms with Crippen molar-refractivity contribution in [2.24, 2.45) is 11.8 Å². The lowest BCUT2D eigenvalue weighted by molar-refractivity contribution is 0.304. The molecule has 2 aliphatic heterocycles. The Hall–Kier alpha value is -0.160. The zero-order chi connectivity index (χ0) is 11.8. The summed E-state index contributed by atoms with van der Waals surface area (Å²) in [7, 11) is 0. The van der Waals surface area contributed by atoms with Crippen LogP contribution in [0.15, 0.2) is 22.7 Å². The van der Waals surface area contributed by atoms with Crippen LogP contribution in [-0.4, -0.2) is 31.1 Å². The highest BCUT2D eigenvalue weighted by molar-refractivity contribution is 9.10. The molecule has 0 amide bonds. The average Bonchev–Trinajstić information content (AvgIpc) is 2.83. The van der Waals surface area contributed by atoms with Gasteiger partial charge < -0.3 is 5.32 Å². The molecule has 0 aliphatic carbocycles. The van der Waals surface area contributed by atoms with Crippen molar-refractivity contribution >= 4 is 28.3 Å². The zero-order valence-electron chi connectivity index (χ0n) is 10.0. The summed E-state index contributed by atoms with van der Waals surface area (Å²) in [5.74, 6) is 1.44. The van der Waals surface area contributed by atoms with Gasteiger partial charge in [-0.15, -0.1) is 12.4 Å². The lowest BCUT2D eigenvalue weighted by Crippen LogP contribution is -2.25. The first-order valence-corrected chi connectivity index (χ1v) is 6.88. The normalized spacial score (nSPS) is 27.0. The Morgan fingerprint density at radius 3 is 2.61 bits per heavy atom. The highest BCUT2D eigenvalue weighted by Crippen LogP contribution is 2.29. The van der Waals surface area contributed by atoms with E-state index in [0.717, 1.165) is 54.6 Å². The molecule has 2 atom stereocenters. The fourth-order valence-corrected chi connectivity index (χ4v) is 3.36. The predicted octanol–water partition coefficient (Wildman–Crippen LogP) is 2.66. The van der Waals surface area contributed by atoms with E-state index in [1.54, 1.807) is 12.1 Å². The molecule has 2 fully saturated rings. The topological polar surface area (TPSA) is 15.3 Å². The van der Waals surface area contributed by atoms with Gasteiger partial charge in [0.25, 0.3) is 0 Å². The van der Waals surface area contributed by atoms with Crippen molar-refractivity contribution in [2.75, 3.05) is 26.2 Å². The second-order valence-corrected chi connectivity index (χ2v) is 5.96. The molecule has 0 aromatic heterocycles. The fourth-order valence-electron chi connectivity index (χ4n) is 2.99. The number of nitrogens with one attached hydrogen (secondary N) is 1. The molecule has 5 heteroatoms. The van der Waals surface area contributed by atoms with E-state index >= 15 is 0 Å². The maximum atomic E-state index is 13.2. The minimum atomic E-state index is -0.149. The summed E-state index contributed by atoms with van der Waals surface area (Å²) < 4.78 is 14.2. The number of hydrogen-bond donors (Lipinski definition) is 1. The van der Waals surface area contributed by atoms with E-state index in [4.69, 9.17) is 0 Å². The molecule has 0 saturated carbocycles. The second-order valence-electron chi connectivity index (χ2n) is 5.11. The van der Waals surface area contributed by atoms with Gasteiger partial charge in [-0.05, 0) is 48.7 Å². The summed E-state index contributed by atoms with van der Waals surface area (Å²) in [6, 6.07) is 4.93. The van der Waals surface area contributed by atoms with E-state index in [1.165, 1.54) is 6.07 Å². The number of fused-ring (bicyclic) bond motifs is 1. The lowest BCUT2D eigenvalue weighted by atomic mass is 10.0.